The lowest BCUT2D eigenvalue weighted by atomic mass is 10.2. The third kappa shape index (κ3) is 4.45. The highest BCUT2D eigenvalue weighted by Crippen LogP contribution is 2.22. The van der Waals surface area contributed by atoms with Gasteiger partial charge in [-0.2, -0.15) is 11.8 Å². The Hall–Kier alpha value is -0.620. The van der Waals surface area contributed by atoms with Gasteiger partial charge in [-0.15, -0.1) is 5.10 Å². The summed E-state index contributed by atoms with van der Waals surface area (Å²) in [7, 11) is 0. The number of hydrogen-bond acceptors (Lipinski definition) is 5. The molecule has 6 heteroatoms. The molecule has 5 nitrogen and oxygen atoms in total. The second-order valence-electron chi connectivity index (χ2n) is 5.13. The summed E-state index contributed by atoms with van der Waals surface area (Å²) in [6, 6.07) is 0. The Morgan fingerprint density at radius 2 is 2.21 bits per heavy atom. The fourth-order valence-electron chi connectivity index (χ4n) is 2.62. The molecule has 0 saturated carbocycles. The van der Waals surface area contributed by atoms with Crippen LogP contribution >= 0.6 is 11.8 Å². The van der Waals surface area contributed by atoms with Crippen molar-refractivity contribution in [2.24, 2.45) is 0 Å². The van der Waals surface area contributed by atoms with Crippen molar-refractivity contribution < 1.29 is 0 Å². The summed E-state index contributed by atoms with van der Waals surface area (Å²) < 4.78 is 1.95. The van der Waals surface area contributed by atoms with E-state index in [2.05, 4.69) is 46.0 Å². The number of aromatic nitrogens is 4. The topological polar surface area (TPSA) is 46.8 Å². The van der Waals surface area contributed by atoms with E-state index >= 15 is 0 Å². The number of hydrogen-bond donors (Lipinski definition) is 0. The molecule has 0 aromatic carbocycles. The number of aryl methyl sites for hydroxylation is 1. The van der Waals surface area contributed by atoms with Crippen LogP contribution in [0.2, 0.25) is 0 Å². The Balaban J connectivity index is 1.94. The van der Waals surface area contributed by atoms with Gasteiger partial charge < -0.3 is 0 Å². The van der Waals surface area contributed by atoms with Crippen molar-refractivity contribution in [3.8, 4) is 0 Å². The Kier molecular flexibility index (Phi) is 6.10. The third-order valence-corrected chi connectivity index (χ3v) is 4.71. The van der Waals surface area contributed by atoms with Crippen LogP contribution < -0.4 is 0 Å². The highest BCUT2D eigenvalue weighted by molar-refractivity contribution is 7.99. The number of tetrazole rings is 1. The average Bonchev–Trinajstić information content (AvgIpc) is 2.70. The lowest BCUT2D eigenvalue weighted by Gasteiger charge is -2.23. The second-order valence-corrected chi connectivity index (χ2v) is 6.70. The molecule has 0 amide bonds. The molecule has 0 N–H and O–H groups in total. The minimum absolute atomic E-state index is 0.781. The fraction of sp³-hybridized carbons (Fsp3) is 0.923. The number of rotatable bonds is 6. The van der Waals surface area contributed by atoms with Gasteiger partial charge in [-0.1, -0.05) is 20.3 Å². The highest BCUT2D eigenvalue weighted by atomic mass is 32.2. The molecular formula is C13H25N5S. The molecule has 108 valence electrons. The molecule has 0 radical (unpaired) electrons. The smallest absolute Gasteiger partial charge is 0.165 e. The molecule has 1 unspecified atom stereocenters. The number of nitrogens with zero attached hydrogens (tertiary/aromatic N) is 5. The van der Waals surface area contributed by atoms with E-state index < -0.39 is 0 Å². The van der Waals surface area contributed by atoms with Crippen LogP contribution in [0.3, 0.4) is 0 Å². The summed E-state index contributed by atoms with van der Waals surface area (Å²) in [6.45, 7) is 8.58. The van der Waals surface area contributed by atoms with E-state index in [1.165, 1.54) is 38.1 Å². The van der Waals surface area contributed by atoms with Crippen molar-refractivity contribution in [1.82, 2.24) is 25.1 Å². The Morgan fingerprint density at radius 1 is 1.32 bits per heavy atom. The number of likely N-dealkylation sites (tertiary alicyclic amines) is 1. The zero-order valence-corrected chi connectivity index (χ0v) is 12.9. The molecule has 1 aromatic rings. The van der Waals surface area contributed by atoms with E-state index in [0.29, 0.717) is 0 Å². The van der Waals surface area contributed by atoms with Gasteiger partial charge in [-0.3, -0.25) is 4.90 Å². The Bertz CT molecular complexity index is 368. The van der Waals surface area contributed by atoms with Crippen LogP contribution in [0.1, 0.15) is 45.4 Å². The lowest BCUT2D eigenvalue weighted by molar-refractivity contribution is 0.266. The van der Waals surface area contributed by atoms with Crippen molar-refractivity contribution in [2.45, 2.75) is 57.9 Å². The maximum Gasteiger partial charge on any atom is 0.165 e. The zero-order valence-electron chi connectivity index (χ0n) is 12.1. The zero-order chi connectivity index (χ0) is 13.5. The minimum atomic E-state index is 0.781. The van der Waals surface area contributed by atoms with Gasteiger partial charge in [0.1, 0.15) is 0 Å². The molecule has 2 heterocycles. The summed E-state index contributed by atoms with van der Waals surface area (Å²) in [5.74, 6) is 2.23. The first-order chi connectivity index (χ1) is 9.33. The first-order valence-corrected chi connectivity index (χ1v) is 8.47. The van der Waals surface area contributed by atoms with E-state index in [4.69, 9.17) is 0 Å². The van der Waals surface area contributed by atoms with Gasteiger partial charge in [0.2, 0.25) is 0 Å². The number of thioether (sulfide) groups is 1. The average molecular weight is 283 g/mol. The van der Waals surface area contributed by atoms with Crippen LogP contribution in [0.15, 0.2) is 0 Å². The van der Waals surface area contributed by atoms with Crippen molar-refractivity contribution >= 4 is 11.8 Å². The standard InChI is InChI=1S/C13H25N5S/c1-3-8-18-13(14-15-16-18)11-17-9-6-5-7-12(10-17)19-4-2/h12H,3-11H2,1-2H3. The van der Waals surface area contributed by atoms with Crippen molar-refractivity contribution in [3.05, 3.63) is 5.82 Å². The van der Waals surface area contributed by atoms with Gasteiger partial charge in [0, 0.05) is 18.3 Å². The van der Waals surface area contributed by atoms with E-state index in [1.54, 1.807) is 0 Å². The predicted molar refractivity (Wildman–Crippen MR) is 79.2 cm³/mol. The van der Waals surface area contributed by atoms with E-state index in [9.17, 15) is 0 Å². The summed E-state index contributed by atoms with van der Waals surface area (Å²) in [5, 5.41) is 12.9. The van der Waals surface area contributed by atoms with Crippen LogP contribution in [-0.2, 0) is 13.1 Å². The molecule has 1 aliphatic heterocycles. The van der Waals surface area contributed by atoms with Crippen LogP contribution in [-0.4, -0.2) is 49.2 Å². The molecule has 1 fully saturated rings. The molecule has 0 aliphatic carbocycles. The van der Waals surface area contributed by atoms with E-state index in [0.717, 1.165) is 30.6 Å². The minimum Gasteiger partial charge on any atom is -0.295 e. The summed E-state index contributed by atoms with van der Waals surface area (Å²) in [5.41, 5.74) is 0. The molecule has 1 atom stereocenters. The molecule has 19 heavy (non-hydrogen) atoms. The molecule has 2 rings (SSSR count). The van der Waals surface area contributed by atoms with E-state index in [1.807, 2.05) is 4.68 Å². The molecule has 0 bridgehead atoms. The maximum absolute atomic E-state index is 4.18. The van der Waals surface area contributed by atoms with Crippen LogP contribution in [0.5, 0.6) is 0 Å². The van der Waals surface area contributed by atoms with Gasteiger partial charge in [0.25, 0.3) is 0 Å². The summed E-state index contributed by atoms with van der Waals surface area (Å²) >= 11 is 2.10. The van der Waals surface area contributed by atoms with Crippen molar-refractivity contribution in [2.75, 3.05) is 18.8 Å². The summed E-state index contributed by atoms with van der Waals surface area (Å²) in [6.07, 6.45) is 5.09. The molecule has 1 saturated heterocycles. The van der Waals surface area contributed by atoms with Gasteiger partial charge in [-0.25, -0.2) is 4.68 Å². The lowest BCUT2D eigenvalue weighted by Crippen LogP contribution is -2.30. The summed E-state index contributed by atoms with van der Waals surface area (Å²) in [4.78, 5) is 2.53. The highest BCUT2D eigenvalue weighted by Gasteiger charge is 2.20. The van der Waals surface area contributed by atoms with Gasteiger partial charge in [-0.05, 0) is 42.0 Å². The van der Waals surface area contributed by atoms with Crippen LogP contribution in [0, 0.1) is 0 Å². The first-order valence-electron chi connectivity index (χ1n) is 7.42. The maximum atomic E-state index is 4.18. The SMILES string of the molecule is CCCn1nnnc1CN1CCCCC(SCC)C1. The predicted octanol–water partition coefficient (Wildman–Crippen LogP) is 2.19. The second kappa shape index (κ2) is 7.85. The molecule has 1 aliphatic rings. The normalized spacial score (nSPS) is 21.5. The molecular weight excluding hydrogens is 258 g/mol. The Labute approximate surface area is 120 Å². The molecule has 1 aromatic heterocycles. The van der Waals surface area contributed by atoms with E-state index in [-0.39, 0.29) is 0 Å². The van der Waals surface area contributed by atoms with Crippen molar-refractivity contribution in [1.29, 1.82) is 0 Å². The third-order valence-electron chi connectivity index (χ3n) is 3.52. The quantitative estimate of drug-likeness (QED) is 0.801. The monoisotopic (exact) mass is 283 g/mol. The van der Waals surface area contributed by atoms with Gasteiger partial charge in [0.15, 0.2) is 5.82 Å². The van der Waals surface area contributed by atoms with Gasteiger partial charge in [0.05, 0.1) is 6.54 Å². The fourth-order valence-corrected chi connectivity index (χ4v) is 3.74. The largest absolute Gasteiger partial charge is 0.295 e. The molecule has 0 spiro atoms. The van der Waals surface area contributed by atoms with Crippen LogP contribution in [0.25, 0.3) is 0 Å². The van der Waals surface area contributed by atoms with Crippen LogP contribution in [0.4, 0.5) is 0 Å². The van der Waals surface area contributed by atoms with Crippen molar-refractivity contribution in [3.63, 3.8) is 0 Å². The van der Waals surface area contributed by atoms with Gasteiger partial charge >= 0.3 is 0 Å². The Morgan fingerprint density at radius 3 is 3.00 bits per heavy atom. The first kappa shape index (κ1) is 14.8.